The Hall–Kier alpha value is -0.560. The van der Waals surface area contributed by atoms with E-state index in [0.29, 0.717) is 11.3 Å². The van der Waals surface area contributed by atoms with Crippen molar-refractivity contribution in [2.24, 2.45) is 45.3 Å². The highest BCUT2D eigenvalue weighted by Gasteiger charge is 2.63. The molecule has 0 heterocycles. The van der Waals surface area contributed by atoms with Crippen LogP contribution in [0.5, 0.6) is 0 Å². The largest absolute Gasteiger partial charge is 0.393 e. The van der Waals surface area contributed by atoms with Crippen LogP contribution in [0.15, 0.2) is 23.8 Å². The lowest BCUT2D eigenvalue weighted by molar-refractivity contribution is -0.0951. The summed E-state index contributed by atoms with van der Waals surface area (Å²) in [5.74, 6) is 3.08. The summed E-state index contributed by atoms with van der Waals surface area (Å²) in [5.41, 5.74) is 4.50. The molecule has 0 aromatic rings. The zero-order valence-corrected chi connectivity index (χ0v) is 22.4. The fourth-order valence-corrected chi connectivity index (χ4v) is 9.83. The number of fused-ring (bicyclic) bond motifs is 4. The Kier molecular flexibility index (Phi) is 6.36. The van der Waals surface area contributed by atoms with Crippen LogP contribution in [0.25, 0.3) is 0 Å². The van der Waals surface area contributed by atoms with Crippen LogP contribution in [0.1, 0.15) is 119 Å². The van der Waals surface area contributed by atoms with E-state index in [1.807, 2.05) is 5.57 Å². The highest BCUT2D eigenvalue weighted by atomic mass is 16.3. The van der Waals surface area contributed by atoms with Crippen LogP contribution in [-0.2, 0) is 0 Å². The molecule has 0 bridgehead atoms. The normalized spacial score (nSPS) is 44.1. The molecular weight excluding hydrogens is 388 g/mol. The highest BCUT2D eigenvalue weighted by Crippen LogP contribution is 2.73. The van der Waals surface area contributed by atoms with Crippen LogP contribution in [0.2, 0.25) is 0 Å². The Morgan fingerprint density at radius 2 is 1.66 bits per heavy atom. The van der Waals surface area contributed by atoms with E-state index in [-0.39, 0.29) is 22.3 Å². The third kappa shape index (κ3) is 3.34. The first kappa shape index (κ1) is 24.6. The first-order valence-corrected chi connectivity index (χ1v) is 14.0. The van der Waals surface area contributed by atoms with Crippen LogP contribution >= 0.6 is 0 Å². The van der Waals surface area contributed by atoms with Gasteiger partial charge in [-0.15, -0.1) is 6.58 Å². The summed E-state index contributed by atoms with van der Waals surface area (Å²) in [7, 11) is 0. The zero-order chi connectivity index (χ0) is 23.5. The molecule has 4 rings (SSSR count). The van der Waals surface area contributed by atoms with Gasteiger partial charge < -0.3 is 5.11 Å². The average molecular weight is 441 g/mol. The van der Waals surface area contributed by atoms with Crippen molar-refractivity contribution in [3.05, 3.63) is 23.8 Å². The molecule has 0 aromatic carbocycles. The van der Waals surface area contributed by atoms with Crippen LogP contribution in [0.3, 0.4) is 0 Å². The summed E-state index contributed by atoms with van der Waals surface area (Å²) in [6.45, 7) is 21.7. The van der Waals surface area contributed by atoms with Gasteiger partial charge in [-0.3, -0.25) is 0 Å². The van der Waals surface area contributed by atoms with Crippen LogP contribution in [0, 0.1) is 45.3 Å². The number of allylic oxidation sites excluding steroid dienone is 3. The minimum absolute atomic E-state index is 0.0246. The monoisotopic (exact) mass is 440 g/mol. The fraction of sp³-hybridized carbons (Fsp3) is 0.871. The van der Waals surface area contributed by atoms with E-state index in [2.05, 4.69) is 61.1 Å². The minimum Gasteiger partial charge on any atom is -0.393 e. The molecule has 1 N–H and O–H groups in total. The molecule has 182 valence electrons. The molecule has 0 spiro atoms. The summed E-state index contributed by atoms with van der Waals surface area (Å²) in [6, 6.07) is 0. The van der Waals surface area contributed by atoms with E-state index in [9.17, 15) is 5.11 Å². The molecule has 0 amide bonds. The first-order chi connectivity index (χ1) is 14.9. The predicted molar refractivity (Wildman–Crippen MR) is 137 cm³/mol. The molecule has 0 radical (unpaired) electrons. The van der Waals surface area contributed by atoms with Gasteiger partial charge in [0.25, 0.3) is 0 Å². The first-order valence-electron chi connectivity index (χ1n) is 14.0. The molecule has 7 atom stereocenters. The topological polar surface area (TPSA) is 20.2 Å². The lowest BCUT2D eigenvalue weighted by Gasteiger charge is -2.62. The summed E-state index contributed by atoms with van der Waals surface area (Å²) in [6.07, 6.45) is 16.4. The maximum absolute atomic E-state index is 10.8. The second-order valence-electron chi connectivity index (χ2n) is 13.9. The minimum atomic E-state index is -0.146. The Morgan fingerprint density at radius 1 is 0.938 bits per heavy atom. The van der Waals surface area contributed by atoms with E-state index < -0.39 is 0 Å². The van der Waals surface area contributed by atoms with Gasteiger partial charge in [0, 0.05) is 5.41 Å². The van der Waals surface area contributed by atoms with Gasteiger partial charge in [-0.2, -0.15) is 0 Å². The summed E-state index contributed by atoms with van der Waals surface area (Å²) in [4.78, 5) is 0. The van der Waals surface area contributed by atoms with Gasteiger partial charge in [0.15, 0.2) is 0 Å². The third-order valence-electron chi connectivity index (χ3n) is 11.8. The lowest BCUT2D eigenvalue weighted by Crippen LogP contribution is -2.55. The van der Waals surface area contributed by atoms with Gasteiger partial charge in [-0.1, -0.05) is 85.0 Å². The second-order valence-corrected chi connectivity index (χ2v) is 13.9. The smallest absolute Gasteiger partial charge is 0.0594 e. The summed E-state index contributed by atoms with van der Waals surface area (Å²) in [5, 5.41) is 10.8. The van der Waals surface area contributed by atoms with Crippen LogP contribution in [0.4, 0.5) is 0 Å². The predicted octanol–water partition coefficient (Wildman–Crippen LogP) is 8.73. The van der Waals surface area contributed by atoms with E-state index in [1.165, 1.54) is 64.2 Å². The Balaban J connectivity index is 1.67. The van der Waals surface area contributed by atoms with Crippen molar-refractivity contribution in [3.63, 3.8) is 0 Å². The van der Waals surface area contributed by atoms with Crippen molar-refractivity contribution in [2.45, 2.75) is 125 Å². The fourth-order valence-electron chi connectivity index (χ4n) is 9.83. The molecular formula is C31H52O. The number of hydrogen-bond acceptors (Lipinski definition) is 1. The third-order valence-corrected chi connectivity index (χ3v) is 11.8. The standard InChI is InChI=1S/C31H52O/c1-9-31-20-16-23(22(4)12-10-11-21(2)3)30(31,8)19-15-24-25(31)13-14-26-28(5,6)27(32)17-18-29(24,26)7/h9,21-23,26-27,32H,1,10-20H2,2-8H3/t22-,23-,26+,27+,29-,30-,31+/m1/s1. The number of aliphatic hydroxyl groups is 1. The van der Waals surface area contributed by atoms with Gasteiger partial charge in [-0.05, 0) is 91.3 Å². The number of aliphatic hydroxyl groups excluding tert-OH is 1. The maximum atomic E-state index is 10.8. The van der Waals surface area contributed by atoms with Crippen molar-refractivity contribution in [1.29, 1.82) is 0 Å². The van der Waals surface area contributed by atoms with E-state index >= 15 is 0 Å². The molecule has 0 unspecified atom stereocenters. The van der Waals surface area contributed by atoms with Gasteiger partial charge in [0.05, 0.1) is 6.10 Å². The van der Waals surface area contributed by atoms with Crippen molar-refractivity contribution in [3.8, 4) is 0 Å². The quantitative estimate of drug-likeness (QED) is 0.409. The summed E-state index contributed by atoms with van der Waals surface area (Å²) >= 11 is 0. The molecule has 0 aliphatic heterocycles. The zero-order valence-electron chi connectivity index (χ0n) is 22.4. The Bertz CT molecular complexity index is 758. The van der Waals surface area contributed by atoms with Crippen molar-refractivity contribution in [1.82, 2.24) is 0 Å². The van der Waals surface area contributed by atoms with Crippen molar-refractivity contribution >= 4 is 0 Å². The molecule has 1 heteroatoms. The molecule has 4 aliphatic rings. The van der Waals surface area contributed by atoms with Crippen LogP contribution < -0.4 is 0 Å². The van der Waals surface area contributed by atoms with Gasteiger partial charge in [0.2, 0.25) is 0 Å². The van der Waals surface area contributed by atoms with Crippen molar-refractivity contribution in [2.75, 3.05) is 0 Å². The molecule has 2 saturated carbocycles. The van der Waals surface area contributed by atoms with Crippen molar-refractivity contribution < 1.29 is 5.11 Å². The highest BCUT2D eigenvalue weighted by molar-refractivity contribution is 5.42. The van der Waals surface area contributed by atoms with Gasteiger partial charge >= 0.3 is 0 Å². The second kappa shape index (κ2) is 8.28. The maximum Gasteiger partial charge on any atom is 0.0594 e. The summed E-state index contributed by atoms with van der Waals surface area (Å²) < 4.78 is 0. The molecule has 0 aromatic heterocycles. The Labute approximate surface area is 199 Å². The Morgan fingerprint density at radius 3 is 2.31 bits per heavy atom. The molecule has 4 aliphatic carbocycles. The van der Waals surface area contributed by atoms with Gasteiger partial charge in [0.1, 0.15) is 0 Å². The molecule has 1 nitrogen and oxygen atoms in total. The van der Waals surface area contributed by atoms with Gasteiger partial charge in [-0.25, -0.2) is 0 Å². The number of hydrogen-bond donors (Lipinski definition) is 1. The van der Waals surface area contributed by atoms with E-state index in [4.69, 9.17) is 0 Å². The molecule has 0 saturated heterocycles. The molecule has 2 fully saturated rings. The SMILES string of the molecule is C=C[C@@]12CC[C@H]([C@H](C)CCCC(C)C)[C@@]1(C)CCC1=C2CC[C@H]2C(C)(C)[C@@H](O)CC[C@]12C. The number of rotatable bonds is 6. The van der Waals surface area contributed by atoms with E-state index in [0.717, 1.165) is 24.2 Å². The van der Waals surface area contributed by atoms with Crippen LogP contribution in [-0.4, -0.2) is 11.2 Å². The van der Waals surface area contributed by atoms with E-state index in [1.54, 1.807) is 5.57 Å². The molecule has 32 heavy (non-hydrogen) atoms. The lowest BCUT2D eigenvalue weighted by atomic mass is 9.43. The average Bonchev–Trinajstić information content (AvgIpc) is 3.04.